The number of rotatable bonds is 8. The lowest BCUT2D eigenvalue weighted by Crippen LogP contribution is -2.42. The molecule has 170 valence electrons. The van der Waals surface area contributed by atoms with Gasteiger partial charge in [0.05, 0.1) is 0 Å². The largest absolute Gasteiger partial charge is 0.444 e. The number of hydrogen-bond donors (Lipinski definition) is 3. The van der Waals surface area contributed by atoms with Gasteiger partial charge in [0.25, 0.3) is 5.91 Å². The molecular weight excluding hydrogens is 497 g/mol. The molecule has 0 atom stereocenters. The Balaban J connectivity index is 0.00000841. The van der Waals surface area contributed by atoms with Gasteiger partial charge in [-0.05, 0) is 52.3 Å². The molecule has 1 aromatic rings. The molecule has 1 rings (SSSR count). The average Bonchev–Trinajstić information content (AvgIpc) is 2.67. The van der Waals surface area contributed by atoms with Crippen molar-refractivity contribution in [1.82, 2.24) is 20.9 Å². The molecule has 0 aromatic heterocycles. The van der Waals surface area contributed by atoms with Crippen molar-refractivity contribution in [2.45, 2.75) is 46.8 Å². The second kappa shape index (κ2) is 14.1. The zero-order valence-corrected chi connectivity index (χ0v) is 21.2. The fourth-order valence-electron chi connectivity index (χ4n) is 2.52. The number of halogens is 1. The van der Waals surface area contributed by atoms with Gasteiger partial charge in [-0.15, -0.1) is 24.0 Å². The van der Waals surface area contributed by atoms with Crippen LogP contribution in [0.1, 0.15) is 50.5 Å². The van der Waals surface area contributed by atoms with E-state index in [4.69, 9.17) is 4.74 Å². The predicted molar refractivity (Wildman–Crippen MR) is 132 cm³/mol. The highest BCUT2D eigenvalue weighted by Crippen LogP contribution is 2.08. The third-order valence-electron chi connectivity index (χ3n) is 4.02. The van der Waals surface area contributed by atoms with Crippen molar-refractivity contribution >= 4 is 41.9 Å². The molecule has 0 saturated heterocycles. The smallest absolute Gasteiger partial charge is 0.407 e. The van der Waals surface area contributed by atoms with E-state index in [0.29, 0.717) is 44.2 Å². The molecule has 2 amide bonds. The molecule has 1 aromatic carbocycles. The molecule has 0 aliphatic carbocycles. The van der Waals surface area contributed by atoms with E-state index in [1.807, 2.05) is 58.9 Å². The summed E-state index contributed by atoms with van der Waals surface area (Å²) in [5.74, 6) is 0.670. The Labute approximate surface area is 197 Å². The number of ether oxygens (including phenoxy) is 1. The van der Waals surface area contributed by atoms with Gasteiger partial charge >= 0.3 is 6.09 Å². The van der Waals surface area contributed by atoms with E-state index in [-0.39, 0.29) is 29.9 Å². The lowest BCUT2D eigenvalue weighted by Gasteiger charge is -2.20. The standard InChI is InChI=1S/C21H35N5O3.HI/c1-7-26(8-2)18(27)17-11-9-16(10-12-17)15-25-19(22-6)23-13-14-24-20(28)29-21(3,4)5;/h9-12H,7-8,13-15H2,1-6H3,(H,24,28)(H2,22,23,25);1H. The summed E-state index contributed by atoms with van der Waals surface area (Å²) in [4.78, 5) is 29.9. The van der Waals surface area contributed by atoms with Crippen molar-refractivity contribution in [3.8, 4) is 0 Å². The molecule has 0 aliphatic rings. The van der Waals surface area contributed by atoms with Gasteiger partial charge in [0.1, 0.15) is 5.60 Å². The second-order valence-corrected chi connectivity index (χ2v) is 7.46. The van der Waals surface area contributed by atoms with Crippen LogP contribution in [0.15, 0.2) is 29.3 Å². The lowest BCUT2D eigenvalue weighted by molar-refractivity contribution is 0.0528. The van der Waals surface area contributed by atoms with Crippen LogP contribution in [0.25, 0.3) is 0 Å². The van der Waals surface area contributed by atoms with Gasteiger partial charge in [0.15, 0.2) is 5.96 Å². The molecule has 0 saturated carbocycles. The van der Waals surface area contributed by atoms with Crippen molar-refractivity contribution in [3.05, 3.63) is 35.4 Å². The van der Waals surface area contributed by atoms with Crippen molar-refractivity contribution in [2.75, 3.05) is 33.2 Å². The van der Waals surface area contributed by atoms with Crippen LogP contribution in [0.2, 0.25) is 0 Å². The third-order valence-corrected chi connectivity index (χ3v) is 4.02. The number of alkyl carbamates (subject to hydrolysis) is 1. The lowest BCUT2D eigenvalue weighted by atomic mass is 10.1. The number of benzene rings is 1. The van der Waals surface area contributed by atoms with Gasteiger partial charge < -0.3 is 25.6 Å². The van der Waals surface area contributed by atoms with E-state index < -0.39 is 11.7 Å². The van der Waals surface area contributed by atoms with Gasteiger partial charge in [-0.25, -0.2) is 4.79 Å². The first-order chi connectivity index (χ1) is 13.7. The quantitative estimate of drug-likeness (QED) is 0.207. The van der Waals surface area contributed by atoms with Crippen LogP contribution in [0.4, 0.5) is 4.79 Å². The van der Waals surface area contributed by atoms with E-state index >= 15 is 0 Å². The highest BCUT2D eigenvalue weighted by Gasteiger charge is 2.15. The summed E-state index contributed by atoms with van der Waals surface area (Å²) in [7, 11) is 1.68. The number of nitrogens with one attached hydrogen (secondary N) is 3. The SMILES string of the molecule is CCN(CC)C(=O)c1ccc(CNC(=NC)NCCNC(=O)OC(C)(C)C)cc1.I. The van der Waals surface area contributed by atoms with Crippen molar-refractivity contribution in [2.24, 2.45) is 4.99 Å². The number of amides is 2. The monoisotopic (exact) mass is 533 g/mol. The van der Waals surface area contributed by atoms with E-state index in [1.54, 1.807) is 11.9 Å². The first-order valence-corrected chi connectivity index (χ1v) is 9.99. The molecule has 9 heteroatoms. The predicted octanol–water partition coefficient (Wildman–Crippen LogP) is 2.98. The van der Waals surface area contributed by atoms with Crippen LogP contribution < -0.4 is 16.0 Å². The zero-order valence-electron chi connectivity index (χ0n) is 18.9. The first-order valence-electron chi connectivity index (χ1n) is 9.99. The fraction of sp³-hybridized carbons (Fsp3) is 0.571. The maximum atomic E-state index is 12.3. The number of carbonyl (C=O) groups is 2. The second-order valence-electron chi connectivity index (χ2n) is 7.46. The van der Waals surface area contributed by atoms with Crippen LogP contribution in [0.3, 0.4) is 0 Å². The summed E-state index contributed by atoms with van der Waals surface area (Å²) >= 11 is 0. The molecule has 0 aliphatic heterocycles. The molecule has 0 unspecified atom stereocenters. The normalized spacial score (nSPS) is 11.2. The summed E-state index contributed by atoms with van der Waals surface area (Å²) < 4.78 is 5.18. The van der Waals surface area contributed by atoms with Gasteiger partial charge in [-0.2, -0.15) is 0 Å². The van der Waals surface area contributed by atoms with E-state index in [2.05, 4.69) is 20.9 Å². The summed E-state index contributed by atoms with van der Waals surface area (Å²) in [5, 5.41) is 9.02. The van der Waals surface area contributed by atoms with Crippen LogP contribution >= 0.6 is 24.0 Å². The van der Waals surface area contributed by atoms with Crippen molar-refractivity contribution in [3.63, 3.8) is 0 Å². The Morgan fingerprint density at radius 2 is 1.57 bits per heavy atom. The minimum atomic E-state index is -0.513. The van der Waals surface area contributed by atoms with E-state index in [9.17, 15) is 9.59 Å². The number of aliphatic imine (C=N–C) groups is 1. The Hall–Kier alpha value is -2.04. The van der Waals surface area contributed by atoms with Crippen LogP contribution in [0, 0.1) is 0 Å². The van der Waals surface area contributed by atoms with Crippen LogP contribution in [-0.4, -0.2) is 61.7 Å². The molecule has 0 heterocycles. The molecule has 3 N–H and O–H groups in total. The molecule has 0 bridgehead atoms. The number of carbonyl (C=O) groups excluding carboxylic acids is 2. The fourth-order valence-corrected chi connectivity index (χ4v) is 2.52. The molecule has 0 spiro atoms. The summed E-state index contributed by atoms with van der Waals surface area (Å²) in [6.07, 6.45) is -0.443. The number of nitrogens with zero attached hydrogens (tertiary/aromatic N) is 2. The van der Waals surface area contributed by atoms with E-state index in [0.717, 1.165) is 5.56 Å². The van der Waals surface area contributed by atoms with Crippen molar-refractivity contribution in [1.29, 1.82) is 0 Å². The Bertz CT molecular complexity index is 683. The van der Waals surface area contributed by atoms with Crippen LogP contribution in [0.5, 0.6) is 0 Å². The van der Waals surface area contributed by atoms with Gasteiger partial charge in [-0.3, -0.25) is 9.79 Å². The van der Waals surface area contributed by atoms with E-state index in [1.165, 1.54) is 0 Å². The maximum absolute atomic E-state index is 12.3. The van der Waals surface area contributed by atoms with Crippen LogP contribution in [-0.2, 0) is 11.3 Å². The zero-order chi connectivity index (χ0) is 21.9. The van der Waals surface area contributed by atoms with Gasteiger partial charge in [0.2, 0.25) is 0 Å². The Kier molecular flexibility index (Phi) is 13.1. The summed E-state index contributed by atoms with van der Waals surface area (Å²) in [6, 6.07) is 7.55. The molecule has 30 heavy (non-hydrogen) atoms. The van der Waals surface area contributed by atoms with Gasteiger partial charge in [0, 0.05) is 45.3 Å². The molecular formula is C21H36IN5O3. The first kappa shape index (κ1) is 28.0. The number of hydrogen-bond acceptors (Lipinski definition) is 4. The average molecular weight is 533 g/mol. The number of guanidine groups is 1. The third kappa shape index (κ3) is 10.7. The maximum Gasteiger partial charge on any atom is 0.407 e. The topological polar surface area (TPSA) is 95.1 Å². The van der Waals surface area contributed by atoms with Crippen molar-refractivity contribution < 1.29 is 14.3 Å². The van der Waals surface area contributed by atoms with Gasteiger partial charge in [-0.1, -0.05) is 12.1 Å². The summed E-state index contributed by atoms with van der Waals surface area (Å²) in [5.41, 5.74) is 1.21. The Morgan fingerprint density at radius 3 is 2.07 bits per heavy atom. The highest BCUT2D eigenvalue weighted by molar-refractivity contribution is 14.0. The Morgan fingerprint density at radius 1 is 1.00 bits per heavy atom. The summed E-state index contributed by atoms with van der Waals surface area (Å²) in [6.45, 7) is 12.3. The minimum absolute atomic E-state index is 0. The molecule has 0 radical (unpaired) electrons. The highest BCUT2D eigenvalue weighted by atomic mass is 127. The molecule has 0 fully saturated rings. The molecule has 8 nitrogen and oxygen atoms in total. The minimum Gasteiger partial charge on any atom is -0.444 e.